The Labute approximate surface area is 193 Å². The van der Waals surface area contributed by atoms with E-state index in [1.54, 1.807) is 55.5 Å². The number of ether oxygens (including phenoxy) is 1. The molecule has 3 N–H and O–H groups in total. The van der Waals surface area contributed by atoms with Crippen molar-refractivity contribution in [3.05, 3.63) is 64.8 Å². The van der Waals surface area contributed by atoms with Gasteiger partial charge in [-0.05, 0) is 54.0 Å². The number of halogens is 1. The van der Waals surface area contributed by atoms with Crippen LogP contribution in [0, 0.1) is 0 Å². The molecule has 0 aliphatic carbocycles. The number of carbonyl (C=O) groups is 1. The minimum atomic E-state index is -0.582. The van der Waals surface area contributed by atoms with E-state index < -0.39 is 5.91 Å². The van der Waals surface area contributed by atoms with E-state index in [1.165, 1.54) is 4.68 Å². The fraction of sp³-hybridized carbons (Fsp3) is 0.143. The molecule has 0 unspecified atom stereocenters. The number of amides is 1. The van der Waals surface area contributed by atoms with Crippen LogP contribution >= 0.6 is 11.6 Å². The first-order valence-corrected chi connectivity index (χ1v) is 10.2. The van der Waals surface area contributed by atoms with Gasteiger partial charge in [0.2, 0.25) is 11.6 Å². The molecule has 168 valence electrons. The van der Waals surface area contributed by atoms with Crippen molar-refractivity contribution in [2.75, 3.05) is 12.3 Å². The van der Waals surface area contributed by atoms with Crippen LogP contribution in [0.4, 0.5) is 5.82 Å². The minimum Gasteiger partial charge on any atom is -0.494 e. The van der Waals surface area contributed by atoms with Gasteiger partial charge in [-0.3, -0.25) is 4.79 Å². The fourth-order valence-electron chi connectivity index (χ4n) is 3.02. The number of carbonyl (C=O) groups excluding carboxylic acids is 1. The Bertz CT molecular complexity index is 1310. The SMILES string of the molecule is CCOc1cccc(-c2c(C(=O)N/N=C(\C)c3ccc(Cl)cc3)nnn2-c2nonc2N)c1. The van der Waals surface area contributed by atoms with E-state index >= 15 is 0 Å². The lowest BCUT2D eigenvalue weighted by Gasteiger charge is -2.08. The molecule has 4 aromatic rings. The van der Waals surface area contributed by atoms with Crippen molar-refractivity contribution in [3.8, 4) is 22.8 Å². The van der Waals surface area contributed by atoms with E-state index in [0.29, 0.717) is 34.3 Å². The summed E-state index contributed by atoms with van der Waals surface area (Å²) in [6.07, 6.45) is 0. The molecule has 0 radical (unpaired) electrons. The standard InChI is InChI=1S/C21H19ClN8O3/c1-3-32-16-6-4-5-14(11-16)18-17(25-29-30(18)20-19(23)27-33-28-20)21(31)26-24-12(2)13-7-9-15(22)10-8-13/h4-11H,3H2,1-2H3,(H2,23,27)(H,26,31)/b24-12+. The van der Waals surface area contributed by atoms with Crippen molar-refractivity contribution in [3.63, 3.8) is 0 Å². The van der Waals surface area contributed by atoms with Gasteiger partial charge in [0, 0.05) is 10.6 Å². The van der Waals surface area contributed by atoms with Crippen molar-refractivity contribution in [1.29, 1.82) is 0 Å². The number of anilines is 1. The topological polar surface area (TPSA) is 146 Å². The number of aromatic nitrogens is 5. The first kappa shape index (κ1) is 22.0. The highest BCUT2D eigenvalue weighted by Gasteiger charge is 2.25. The van der Waals surface area contributed by atoms with Crippen LogP contribution in [0.15, 0.2) is 58.3 Å². The van der Waals surface area contributed by atoms with Crippen LogP contribution in [0.1, 0.15) is 29.9 Å². The summed E-state index contributed by atoms with van der Waals surface area (Å²) in [5.74, 6) is 0.114. The Hall–Kier alpha value is -4.25. The maximum atomic E-state index is 13.0. The largest absolute Gasteiger partial charge is 0.494 e. The molecule has 0 saturated carbocycles. The number of hydrogen-bond acceptors (Lipinski definition) is 9. The fourth-order valence-corrected chi connectivity index (χ4v) is 3.15. The predicted octanol–water partition coefficient (Wildman–Crippen LogP) is 3.11. The van der Waals surface area contributed by atoms with Gasteiger partial charge in [0.15, 0.2) is 5.69 Å². The van der Waals surface area contributed by atoms with Gasteiger partial charge in [-0.2, -0.15) is 9.78 Å². The molecule has 0 aliphatic rings. The zero-order valence-corrected chi connectivity index (χ0v) is 18.4. The molecule has 0 aliphatic heterocycles. The summed E-state index contributed by atoms with van der Waals surface area (Å²) in [7, 11) is 0. The molecule has 2 aromatic heterocycles. The lowest BCUT2D eigenvalue weighted by molar-refractivity contribution is 0.0950. The third-order valence-electron chi connectivity index (χ3n) is 4.59. The number of nitrogens with zero attached hydrogens (tertiary/aromatic N) is 6. The first-order valence-electron chi connectivity index (χ1n) is 9.85. The number of rotatable bonds is 7. The molecule has 1 amide bonds. The van der Waals surface area contributed by atoms with Gasteiger partial charge < -0.3 is 10.5 Å². The monoisotopic (exact) mass is 466 g/mol. The van der Waals surface area contributed by atoms with Gasteiger partial charge in [-0.25, -0.2) is 10.1 Å². The maximum absolute atomic E-state index is 13.0. The molecule has 0 saturated heterocycles. The van der Waals surface area contributed by atoms with Gasteiger partial charge in [0.25, 0.3) is 5.91 Å². The van der Waals surface area contributed by atoms with E-state index in [-0.39, 0.29) is 17.3 Å². The van der Waals surface area contributed by atoms with E-state index in [0.717, 1.165) is 5.56 Å². The Morgan fingerprint density at radius 1 is 1.24 bits per heavy atom. The summed E-state index contributed by atoms with van der Waals surface area (Å²) >= 11 is 5.92. The van der Waals surface area contributed by atoms with Crippen LogP contribution < -0.4 is 15.9 Å². The number of benzene rings is 2. The molecule has 0 atom stereocenters. The van der Waals surface area contributed by atoms with Gasteiger partial charge in [0.1, 0.15) is 11.4 Å². The smallest absolute Gasteiger partial charge is 0.294 e. The summed E-state index contributed by atoms with van der Waals surface area (Å²) in [6, 6.07) is 14.2. The molecule has 0 spiro atoms. The quantitative estimate of drug-likeness (QED) is 0.312. The van der Waals surface area contributed by atoms with Crippen LogP contribution in [-0.2, 0) is 0 Å². The third kappa shape index (κ3) is 4.67. The van der Waals surface area contributed by atoms with Crippen molar-refractivity contribution in [1.82, 2.24) is 30.7 Å². The molecule has 2 aromatic carbocycles. The molecule has 12 heteroatoms. The highest BCUT2D eigenvalue weighted by molar-refractivity contribution is 6.30. The second kappa shape index (κ2) is 9.49. The summed E-state index contributed by atoms with van der Waals surface area (Å²) in [5, 5.41) is 20.2. The maximum Gasteiger partial charge on any atom is 0.294 e. The highest BCUT2D eigenvalue weighted by Crippen LogP contribution is 2.29. The number of nitrogens with two attached hydrogens (primary N) is 1. The summed E-state index contributed by atoms with van der Waals surface area (Å²) in [6.45, 7) is 4.11. The molecule has 33 heavy (non-hydrogen) atoms. The van der Waals surface area contributed by atoms with Crippen LogP contribution in [0.2, 0.25) is 5.02 Å². The molecular formula is C21H19ClN8O3. The Morgan fingerprint density at radius 3 is 2.73 bits per heavy atom. The van der Waals surface area contributed by atoms with Gasteiger partial charge in [-0.15, -0.1) is 5.10 Å². The van der Waals surface area contributed by atoms with Crippen molar-refractivity contribution < 1.29 is 14.2 Å². The third-order valence-corrected chi connectivity index (χ3v) is 4.84. The second-order valence-electron chi connectivity index (χ2n) is 6.78. The lowest BCUT2D eigenvalue weighted by Crippen LogP contribution is -2.21. The lowest BCUT2D eigenvalue weighted by atomic mass is 10.1. The Morgan fingerprint density at radius 2 is 2.03 bits per heavy atom. The first-order chi connectivity index (χ1) is 16.0. The van der Waals surface area contributed by atoms with E-state index in [1.807, 2.05) is 6.92 Å². The highest BCUT2D eigenvalue weighted by atomic mass is 35.5. The van der Waals surface area contributed by atoms with E-state index in [4.69, 9.17) is 22.1 Å². The summed E-state index contributed by atoms with van der Waals surface area (Å²) < 4.78 is 11.6. The Balaban J connectivity index is 1.72. The van der Waals surface area contributed by atoms with E-state index in [2.05, 4.69) is 35.8 Å². The number of nitrogen functional groups attached to an aromatic ring is 1. The molecule has 4 rings (SSSR count). The van der Waals surface area contributed by atoms with Gasteiger partial charge >= 0.3 is 0 Å². The normalized spacial score (nSPS) is 11.4. The van der Waals surface area contributed by atoms with Crippen LogP contribution in [0.5, 0.6) is 5.75 Å². The van der Waals surface area contributed by atoms with Crippen molar-refractivity contribution >= 4 is 29.0 Å². The average molecular weight is 467 g/mol. The van der Waals surface area contributed by atoms with Crippen LogP contribution in [0.25, 0.3) is 17.1 Å². The van der Waals surface area contributed by atoms with Gasteiger partial charge in [0.05, 0.1) is 12.3 Å². The van der Waals surface area contributed by atoms with Crippen LogP contribution in [-0.4, -0.2) is 43.5 Å². The van der Waals surface area contributed by atoms with Crippen LogP contribution in [0.3, 0.4) is 0 Å². The van der Waals surface area contributed by atoms with E-state index in [9.17, 15) is 4.79 Å². The zero-order chi connectivity index (χ0) is 23.4. The predicted molar refractivity (Wildman–Crippen MR) is 121 cm³/mol. The molecule has 0 fully saturated rings. The number of hydrogen-bond donors (Lipinski definition) is 2. The molecule has 11 nitrogen and oxygen atoms in total. The van der Waals surface area contributed by atoms with Gasteiger partial charge in [-0.1, -0.05) is 41.1 Å². The number of hydrazone groups is 1. The summed E-state index contributed by atoms with van der Waals surface area (Å²) in [4.78, 5) is 13.0. The van der Waals surface area contributed by atoms with Crippen molar-refractivity contribution in [2.24, 2.45) is 5.10 Å². The average Bonchev–Trinajstić information content (AvgIpc) is 3.44. The molecule has 2 heterocycles. The summed E-state index contributed by atoms with van der Waals surface area (Å²) in [5.41, 5.74) is 10.6. The second-order valence-corrected chi connectivity index (χ2v) is 7.21. The zero-order valence-electron chi connectivity index (χ0n) is 17.7. The Kier molecular flexibility index (Phi) is 6.31. The van der Waals surface area contributed by atoms with Crippen molar-refractivity contribution in [2.45, 2.75) is 13.8 Å². The minimum absolute atomic E-state index is 0.00120. The molecular weight excluding hydrogens is 448 g/mol. The molecule has 0 bridgehead atoms. The number of nitrogens with one attached hydrogen (secondary N) is 1.